The average molecular weight is 337 g/mol. The second-order valence-electron chi connectivity index (χ2n) is 6.10. The van der Waals surface area contributed by atoms with Crippen LogP contribution in [0.1, 0.15) is 18.9 Å². The molecule has 1 aromatic rings. The van der Waals surface area contributed by atoms with Gasteiger partial charge in [0.1, 0.15) is 5.82 Å². The summed E-state index contributed by atoms with van der Waals surface area (Å²) in [6.07, 6.45) is 1.82. The summed E-state index contributed by atoms with van der Waals surface area (Å²) >= 11 is 0. The Morgan fingerprint density at radius 3 is 3.04 bits per heavy atom. The van der Waals surface area contributed by atoms with Gasteiger partial charge in [-0.2, -0.15) is 0 Å². The first kappa shape index (κ1) is 18.8. The average Bonchev–Trinajstić information content (AvgIpc) is 2.58. The predicted octanol–water partition coefficient (Wildman–Crippen LogP) is 1.66. The van der Waals surface area contributed by atoms with E-state index >= 15 is 0 Å². The largest absolute Gasteiger partial charge is 0.380 e. The van der Waals surface area contributed by atoms with Crippen LogP contribution >= 0.6 is 0 Å². The Labute approximate surface area is 143 Å². The summed E-state index contributed by atoms with van der Waals surface area (Å²) in [5, 5.41) is 3.18. The molecule has 0 bridgehead atoms. The maximum atomic E-state index is 13.5. The zero-order valence-corrected chi connectivity index (χ0v) is 14.7. The number of nitrogens with one attached hydrogen (secondary N) is 1. The van der Waals surface area contributed by atoms with Crippen LogP contribution in [0, 0.1) is 5.82 Å². The van der Waals surface area contributed by atoms with Gasteiger partial charge in [-0.25, -0.2) is 4.39 Å². The number of nitrogens with zero attached hydrogens (tertiary/aromatic N) is 2. The maximum Gasteiger partial charge on any atom is 0.240 e. The molecular formula is C18H28FN3O2. The van der Waals surface area contributed by atoms with Crippen molar-refractivity contribution in [2.24, 2.45) is 0 Å². The molecule has 1 aliphatic heterocycles. The summed E-state index contributed by atoms with van der Waals surface area (Å²) in [7, 11) is 2.03. The van der Waals surface area contributed by atoms with Crippen molar-refractivity contribution in [1.82, 2.24) is 10.2 Å². The monoisotopic (exact) mass is 337 g/mol. The van der Waals surface area contributed by atoms with Gasteiger partial charge in [-0.15, -0.1) is 0 Å². The number of benzene rings is 1. The second-order valence-corrected chi connectivity index (χ2v) is 6.10. The molecule has 0 saturated heterocycles. The number of halogens is 1. The summed E-state index contributed by atoms with van der Waals surface area (Å²) in [5.74, 6) is -0.296. The standard InChI is InChI=1S/C18H28FN3O2/c1-3-24-12-11-21(2)10-8-20-14-18(23)22-9-4-5-15-6-7-16(19)13-17(15)22/h6-7,13,20H,3-5,8-12,14H2,1-2H3. The number of amides is 1. The minimum atomic E-state index is -0.294. The highest BCUT2D eigenvalue weighted by Crippen LogP contribution is 2.27. The fourth-order valence-electron chi connectivity index (χ4n) is 2.84. The lowest BCUT2D eigenvalue weighted by atomic mass is 10.0. The number of ether oxygens (including phenoxy) is 1. The number of carbonyl (C=O) groups excluding carboxylic acids is 1. The molecule has 0 aliphatic carbocycles. The molecule has 0 aromatic heterocycles. The van der Waals surface area contributed by atoms with E-state index in [0.717, 1.165) is 56.9 Å². The molecule has 0 radical (unpaired) electrons. The number of rotatable bonds is 9. The zero-order valence-electron chi connectivity index (χ0n) is 14.7. The van der Waals surface area contributed by atoms with Crippen molar-refractivity contribution in [3.05, 3.63) is 29.6 Å². The molecule has 1 N–H and O–H groups in total. The van der Waals surface area contributed by atoms with Crippen LogP contribution in [-0.4, -0.2) is 63.8 Å². The first-order valence-electron chi connectivity index (χ1n) is 8.67. The van der Waals surface area contributed by atoms with Crippen LogP contribution in [0.25, 0.3) is 0 Å². The molecule has 5 nitrogen and oxygen atoms in total. The maximum absolute atomic E-state index is 13.5. The van der Waals surface area contributed by atoms with Crippen LogP contribution in [0.15, 0.2) is 18.2 Å². The number of aryl methyl sites for hydroxylation is 1. The highest BCUT2D eigenvalue weighted by atomic mass is 19.1. The number of hydrogen-bond acceptors (Lipinski definition) is 4. The predicted molar refractivity (Wildman–Crippen MR) is 93.9 cm³/mol. The molecule has 1 aromatic carbocycles. The van der Waals surface area contributed by atoms with E-state index < -0.39 is 0 Å². The molecule has 0 unspecified atom stereocenters. The topological polar surface area (TPSA) is 44.8 Å². The Balaban J connectivity index is 1.75. The third-order valence-electron chi connectivity index (χ3n) is 4.24. The molecular weight excluding hydrogens is 309 g/mol. The number of carbonyl (C=O) groups is 1. The normalized spacial score (nSPS) is 14.1. The van der Waals surface area contributed by atoms with Crippen molar-refractivity contribution in [2.75, 3.05) is 57.9 Å². The Morgan fingerprint density at radius 2 is 2.25 bits per heavy atom. The van der Waals surface area contributed by atoms with E-state index in [1.54, 1.807) is 11.0 Å². The van der Waals surface area contributed by atoms with Gasteiger partial charge in [-0.05, 0) is 44.5 Å². The molecule has 2 rings (SSSR count). The van der Waals surface area contributed by atoms with Gasteiger partial charge in [0.25, 0.3) is 0 Å². The van der Waals surface area contributed by atoms with E-state index in [-0.39, 0.29) is 18.3 Å². The van der Waals surface area contributed by atoms with E-state index in [4.69, 9.17) is 4.74 Å². The molecule has 0 spiro atoms. The summed E-state index contributed by atoms with van der Waals surface area (Å²) < 4.78 is 18.8. The van der Waals surface area contributed by atoms with Gasteiger partial charge in [-0.1, -0.05) is 6.07 Å². The molecule has 24 heavy (non-hydrogen) atoms. The van der Waals surface area contributed by atoms with Gasteiger partial charge < -0.3 is 19.9 Å². The van der Waals surface area contributed by atoms with E-state index in [9.17, 15) is 9.18 Å². The third-order valence-corrected chi connectivity index (χ3v) is 4.24. The number of anilines is 1. The Kier molecular flexibility index (Phi) is 7.62. The van der Waals surface area contributed by atoms with Crippen LogP contribution in [0.5, 0.6) is 0 Å². The number of hydrogen-bond donors (Lipinski definition) is 1. The van der Waals surface area contributed by atoms with Crippen molar-refractivity contribution >= 4 is 11.6 Å². The van der Waals surface area contributed by atoms with Crippen molar-refractivity contribution in [2.45, 2.75) is 19.8 Å². The van der Waals surface area contributed by atoms with Crippen molar-refractivity contribution < 1.29 is 13.9 Å². The summed E-state index contributed by atoms with van der Waals surface area (Å²) in [6, 6.07) is 4.71. The minimum absolute atomic E-state index is 0.00137. The smallest absolute Gasteiger partial charge is 0.240 e. The lowest BCUT2D eigenvalue weighted by Gasteiger charge is -2.29. The van der Waals surface area contributed by atoms with Gasteiger partial charge in [0, 0.05) is 38.5 Å². The third kappa shape index (κ3) is 5.54. The number of likely N-dealkylation sites (N-methyl/N-ethyl adjacent to an activating group) is 1. The Morgan fingerprint density at radius 1 is 1.42 bits per heavy atom. The first-order chi connectivity index (χ1) is 11.6. The number of fused-ring (bicyclic) bond motifs is 1. The van der Waals surface area contributed by atoms with E-state index in [1.165, 1.54) is 12.1 Å². The minimum Gasteiger partial charge on any atom is -0.380 e. The SMILES string of the molecule is CCOCCN(C)CCNCC(=O)N1CCCc2ccc(F)cc21. The summed E-state index contributed by atoms with van der Waals surface area (Å²) in [6.45, 7) is 6.84. The van der Waals surface area contributed by atoms with Crippen LogP contribution in [0.3, 0.4) is 0 Å². The fraction of sp³-hybridized carbons (Fsp3) is 0.611. The van der Waals surface area contributed by atoms with Gasteiger partial charge in [0.05, 0.1) is 13.2 Å². The van der Waals surface area contributed by atoms with Crippen molar-refractivity contribution in [1.29, 1.82) is 0 Å². The van der Waals surface area contributed by atoms with Crippen molar-refractivity contribution in [3.8, 4) is 0 Å². The van der Waals surface area contributed by atoms with Crippen LogP contribution in [0.4, 0.5) is 10.1 Å². The quantitative estimate of drug-likeness (QED) is 0.696. The van der Waals surface area contributed by atoms with E-state index in [2.05, 4.69) is 10.2 Å². The van der Waals surface area contributed by atoms with Gasteiger partial charge in [0.2, 0.25) is 5.91 Å². The highest BCUT2D eigenvalue weighted by Gasteiger charge is 2.22. The van der Waals surface area contributed by atoms with Crippen LogP contribution in [0.2, 0.25) is 0 Å². The molecule has 1 amide bonds. The second kappa shape index (κ2) is 9.71. The molecule has 0 fully saturated rings. The van der Waals surface area contributed by atoms with Gasteiger partial charge >= 0.3 is 0 Å². The molecule has 1 aliphatic rings. The van der Waals surface area contributed by atoms with Crippen LogP contribution < -0.4 is 10.2 Å². The molecule has 1 heterocycles. The molecule has 0 saturated carbocycles. The molecule has 6 heteroatoms. The van der Waals surface area contributed by atoms with Crippen LogP contribution in [-0.2, 0) is 16.0 Å². The van der Waals surface area contributed by atoms with E-state index in [0.29, 0.717) is 6.54 Å². The first-order valence-corrected chi connectivity index (χ1v) is 8.67. The Hall–Kier alpha value is -1.50. The fourth-order valence-corrected chi connectivity index (χ4v) is 2.84. The summed E-state index contributed by atoms with van der Waals surface area (Å²) in [4.78, 5) is 16.3. The Bertz CT molecular complexity index is 539. The van der Waals surface area contributed by atoms with E-state index in [1.807, 2.05) is 14.0 Å². The molecule has 134 valence electrons. The molecule has 0 atom stereocenters. The van der Waals surface area contributed by atoms with Crippen molar-refractivity contribution in [3.63, 3.8) is 0 Å². The highest BCUT2D eigenvalue weighted by molar-refractivity contribution is 5.95. The summed E-state index contributed by atoms with van der Waals surface area (Å²) in [5.41, 5.74) is 1.77. The van der Waals surface area contributed by atoms with Gasteiger partial charge in [-0.3, -0.25) is 4.79 Å². The zero-order chi connectivity index (χ0) is 17.4. The lowest BCUT2D eigenvalue weighted by Crippen LogP contribution is -2.42. The lowest BCUT2D eigenvalue weighted by molar-refractivity contribution is -0.117. The van der Waals surface area contributed by atoms with Gasteiger partial charge in [0.15, 0.2) is 0 Å².